The number of anilines is 1. The van der Waals surface area contributed by atoms with Crippen LogP contribution in [0.2, 0.25) is 0 Å². The second kappa shape index (κ2) is 6.13. The van der Waals surface area contributed by atoms with Crippen molar-refractivity contribution in [3.8, 4) is 0 Å². The Morgan fingerprint density at radius 3 is 2.67 bits per heavy atom. The fourth-order valence-electron chi connectivity index (χ4n) is 2.25. The standard InChI is InChI=1S/C13H21N5O3/c1-4-8(3)18-10-9(11(20)17(5-2)13(18)21)15-12(16-10)14-6-7-19/h8,19H,4-7H2,1-3H3,(H2,14,15,16). The maximum absolute atomic E-state index is 12.5. The quantitative estimate of drug-likeness (QED) is 0.710. The first-order valence-corrected chi connectivity index (χ1v) is 7.14. The van der Waals surface area contributed by atoms with E-state index in [-0.39, 0.29) is 23.9 Å². The lowest BCUT2D eigenvalue weighted by atomic mass is 10.2. The summed E-state index contributed by atoms with van der Waals surface area (Å²) in [4.78, 5) is 32.0. The van der Waals surface area contributed by atoms with Crippen LogP contribution in [-0.2, 0) is 6.54 Å². The van der Waals surface area contributed by atoms with Crippen molar-refractivity contribution in [2.45, 2.75) is 39.8 Å². The van der Waals surface area contributed by atoms with Crippen molar-refractivity contribution in [3.05, 3.63) is 20.8 Å². The van der Waals surface area contributed by atoms with Crippen molar-refractivity contribution in [1.82, 2.24) is 19.1 Å². The van der Waals surface area contributed by atoms with Crippen molar-refractivity contribution in [2.24, 2.45) is 0 Å². The maximum atomic E-state index is 12.5. The Kier molecular flexibility index (Phi) is 4.46. The highest BCUT2D eigenvalue weighted by Gasteiger charge is 2.19. The minimum Gasteiger partial charge on any atom is -0.395 e. The number of H-pyrrole nitrogens is 1. The summed E-state index contributed by atoms with van der Waals surface area (Å²) in [6.07, 6.45) is 0.753. The van der Waals surface area contributed by atoms with E-state index in [1.807, 2.05) is 13.8 Å². The van der Waals surface area contributed by atoms with E-state index in [9.17, 15) is 9.59 Å². The minimum atomic E-state index is -0.374. The van der Waals surface area contributed by atoms with E-state index < -0.39 is 0 Å². The Morgan fingerprint density at radius 2 is 2.10 bits per heavy atom. The fourth-order valence-corrected chi connectivity index (χ4v) is 2.25. The molecule has 0 amide bonds. The maximum Gasteiger partial charge on any atom is 0.332 e. The van der Waals surface area contributed by atoms with E-state index in [2.05, 4.69) is 15.3 Å². The van der Waals surface area contributed by atoms with Crippen LogP contribution in [-0.4, -0.2) is 37.4 Å². The number of aliphatic hydroxyl groups is 1. The summed E-state index contributed by atoms with van der Waals surface area (Å²) in [6, 6.07) is -0.0626. The molecule has 116 valence electrons. The molecule has 8 heteroatoms. The van der Waals surface area contributed by atoms with Gasteiger partial charge in [-0.05, 0) is 20.3 Å². The summed E-state index contributed by atoms with van der Waals surface area (Å²) in [5.74, 6) is 0.376. The molecular weight excluding hydrogens is 274 g/mol. The zero-order chi connectivity index (χ0) is 15.6. The molecule has 0 aromatic carbocycles. The van der Waals surface area contributed by atoms with Crippen LogP contribution >= 0.6 is 0 Å². The lowest BCUT2D eigenvalue weighted by molar-refractivity contribution is 0.311. The van der Waals surface area contributed by atoms with Gasteiger partial charge in [0.25, 0.3) is 5.56 Å². The van der Waals surface area contributed by atoms with Gasteiger partial charge >= 0.3 is 5.69 Å². The molecule has 0 fully saturated rings. The lowest BCUT2D eigenvalue weighted by Gasteiger charge is -2.15. The Balaban J connectivity index is 2.76. The van der Waals surface area contributed by atoms with Crippen LogP contribution in [0.3, 0.4) is 0 Å². The van der Waals surface area contributed by atoms with E-state index in [1.54, 1.807) is 11.5 Å². The Hall–Kier alpha value is -2.09. The Morgan fingerprint density at radius 1 is 1.38 bits per heavy atom. The van der Waals surface area contributed by atoms with Gasteiger partial charge < -0.3 is 15.4 Å². The molecular formula is C13H21N5O3. The highest BCUT2D eigenvalue weighted by atomic mass is 16.3. The molecule has 21 heavy (non-hydrogen) atoms. The van der Waals surface area contributed by atoms with Crippen LogP contribution in [0.5, 0.6) is 0 Å². The predicted octanol–water partition coefficient (Wildman–Crippen LogP) is 0.281. The average molecular weight is 295 g/mol. The summed E-state index contributed by atoms with van der Waals surface area (Å²) in [6.45, 7) is 6.23. The third kappa shape index (κ3) is 2.58. The number of fused-ring (bicyclic) bond motifs is 1. The van der Waals surface area contributed by atoms with Crippen molar-refractivity contribution in [2.75, 3.05) is 18.5 Å². The molecule has 0 saturated carbocycles. The van der Waals surface area contributed by atoms with E-state index >= 15 is 0 Å². The second-order valence-corrected chi connectivity index (χ2v) is 4.89. The van der Waals surface area contributed by atoms with E-state index in [4.69, 9.17) is 5.11 Å². The molecule has 1 atom stereocenters. The van der Waals surface area contributed by atoms with Gasteiger partial charge in [-0.2, -0.15) is 4.98 Å². The monoisotopic (exact) mass is 295 g/mol. The van der Waals surface area contributed by atoms with E-state index in [0.29, 0.717) is 30.2 Å². The number of imidazole rings is 1. The summed E-state index contributed by atoms with van der Waals surface area (Å²) >= 11 is 0. The molecule has 2 heterocycles. The van der Waals surface area contributed by atoms with E-state index in [1.165, 1.54) is 4.57 Å². The van der Waals surface area contributed by atoms with Gasteiger partial charge in [-0.1, -0.05) is 6.92 Å². The van der Waals surface area contributed by atoms with Crippen LogP contribution < -0.4 is 16.6 Å². The van der Waals surface area contributed by atoms with Gasteiger partial charge in [-0.25, -0.2) is 4.79 Å². The first-order chi connectivity index (χ1) is 10.0. The van der Waals surface area contributed by atoms with Crippen LogP contribution in [0.15, 0.2) is 9.59 Å². The molecule has 0 bridgehead atoms. The molecule has 1 unspecified atom stereocenters. The number of hydrogen-bond donors (Lipinski definition) is 3. The second-order valence-electron chi connectivity index (χ2n) is 4.89. The molecule has 0 spiro atoms. The molecule has 2 aromatic heterocycles. The summed E-state index contributed by atoms with van der Waals surface area (Å²) in [5.41, 5.74) is -0.0622. The number of aromatic nitrogens is 4. The SMILES string of the molecule is CCC(C)n1c(=O)n(CC)c(=O)c2[nH]c(NCCO)nc21. The molecule has 2 rings (SSSR count). The molecule has 0 aliphatic rings. The van der Waals surface area contributed by atoms with Gasteiger partial charge in [0.2, 0.25) is 5.95 Å². The van der Waals surface area contributed by atoms with Crippen molar-refractivity contribution < 1.29 is 5.11 Å². The number of aromatic amines is 1. The highest BCUT2D eigenvalue weighted by Crippen LogP contribution is 2.15. The lowest BCUT2D eigenvalue weighted by Crippen LogP contribution is -2.40. The first-order valence-electron chi connectivity index (χ1n) is 7.14. The topological polar surface area (TPSA) is 105 Å². The third-order valence-corrected chi connectivity index (χ3v) is 3.56. The van der Waals surface area contributed by atoms with Gasteiger partial charge in [-0.3, -0.25) is 13.9 Å². The molecule has 3 N–H and O–H groups in total. The molecule has 0 radical (unpaired) electrons. The van der Waals surface area contributed by atoms with Gasteiger partial charge in [-0.15, -0.1) is 0 Å². The number of rotatable bonds is 6. The Bertz CT molecular complexity index is 743. The number of hydrogen-bond acceptors (Lipinski definition) is 5. The largest absolute Gasteiger partial charge is 0.395 e. The fraction of sp³-hybridized carbons (Fsp3) is 0.615. The zero-order valence-electron chi connectivity index (χ0n) is 12.5. The van der Waals surface area contributed by atoms with Gasteiger partial charge in [0.05, 0.1) is 6.61 Å². The highest BCUT2D eigenvalue weighted by molar-refractivity contribution is 5.72. The normalized spacial score (nSPS) is 12.8. The minimum absolute atomic E-state index is 0.0472. The number of nitrogens with one attached hydrogen (secondary N) is 2. The average Bonchev–Trinajstić information content (AvgIpc) is 2.89. The van der Waals surface area contributed by atoms with Crippen molar-refractivity contribution in [1.29, 1.82) is 0 Å². The van der Waals surface area contributed by atoms with Crippen molar-refractivity contribution >= 4 is 17.1 Å². The molecule has 2 aromatic rings. The molecule has 8 nitrogen and oxygen atoms in total. The zero-order valence-corrected chi connectivity index (χ0v) is 12.5. The summed E-state index contributed by atoms with van der Waals surface area (Å²) in [7, 11) is 0. The first kappa shape index (κ1) is 15.3. The van der Waals surface area contributed by atoms with Crippen LogP contribution in [0.25, 0.3) is 11.2 Å². The molecule has 0 aliphatic heterocycles. The molecule has 0 saturated heterocycles. The number of aliphatic hydroxyl groups excluding tert-OH is 1. The summed E-state index contributed by atoms with van der Waals surface area (Å²) < 4.78 is 2.74. The predicted molar refractivity (Wildman–Crippen MR) is 80.9 cm³/mol. The van der Waals surface area contributed by atoms with Gasteiger partial charge in [0.1, 0.15) is 0 Å². The van der Waals surface area contributed by atoms with Crippen LogP contribution in [0.1, 0.15) is 33.2 Å². The summed E-state index contributed by atoms with van der Waals surface area (Å²) in [5, 5.41) is 11.7. The third-order valence-electron chi connectivity index (χ3n) is 3.56. The van der Waals surface area contributed by atoms with Gasteiger partial charge in [0.15, 0.2) is 11.2 Å². The van der Waals surface area contributed by atoms with Crippen LogP contribution in [0, 0.1) is 0 Å². The van der Waals surface area contributed by atoms with Crippen molar-refractivity contribution in [3.63, 3.8) is 0 Å². The smallest absolute Gasteiger partial charge is 0.332 e. The Labute approximate surface area is 121 Å². The van der Waals surface area contributed by atoms with E-state index in [0.717, 1.165) is 6.42 Å². The van der Waals surface area contributed by atoms with Crippen LogP contribution in [0.4, 0.5) is 5.95 Å². The number of nitrogens with zero attached hydrogens (tertiary/aromatic N) is 3. The molecule has 0 aliphatic carbocycles. The van der Waals surface area contributed by atoms with Gasteiger partial charge in [0, 0.05) is 19.1 Å².